The molecule has 0 radical (unpaired) electrons. The molecule has 7 heteroatoms. The van der Waals surface area contributed by atoms with Crippen LogP contribution in [0.15, 0.2) is 94.9 Å². The fraction of sp³-hybridized carbons (Fsp3) is 0.125. The first-order valence-electron chi connectivity index (χ1n) is 10.0. The van der Waals surface area contributed by atoms with Crippen LogP contribution in [0.2, 0.25) is 0 Å². The van der Waals surface area contributed by atoms with Gasteiger partial charge in [0.1, 0.15) is 0 Å². The zero-order chi connectivity index (χ0) is 21.2. The zero-order valence-corrected chi connectivity index (χ0v) is 18.5. The third-order valence-corrected chi connectivity index (χ3v) is 7.20. The van der Waals surface area contributed by atoms with Gasteiger partial charge in [0.25, 0.3) is 0 Å². The Kier molecular flexibility index (Phi) is 5.44. The van der Waals surface area contributed by atoms with E-state index in [-0.39, 0.29) is 10.1 Å². The number of para-hydroxylation sites is 2. The number of benzene rings is 3. The molecular formula is C24H20N4OS2. The normalized spacial score (nSPS) is 12.3. The van der Waals surface area contributed by atoms with Gasteiger partial charge in [0.05, 0.1) is 16.8 Å². The van der Waals surface area contributed by atoms with Crippen molar-refractivity contribution in [1.82, 2.24) is 19.3 Å². The van der Waals surface area contributed by atoms with Gasteiger partial charge in [-0.3, -0.25) is 13.9 Å². The highest BCUT2D eigenvalue weighted by Gasteiger charge is 2.19. The number of hydrogen-bond donors (Lipinski definition) is 0. The molecule has 0 aliphatic rings. The van der Waals surface area contributed by atoms with E-state index < -0.39 is 0 Å². The van der Waals surface area contributed by atoms with Gasteiger partial charge in [-0.05, 0) is 36.8 Å². The number of nitrogens with zero attached hydrogens (tertiary/aromatic N) is 4. The van der Waals surface area contributed by atoms with E-state index in [0.29, 0.717) is 6.54 Å². The Balaban J connectivity index is 1.56. The van der Waals surface area contributed by atoms with Gasteiger partial charge in [-0.2, -0.15) is 0 Å². The smallest absolute Gasteiger partial charge is 0.291 e. The van der Waals surface area contributed by atoms with Crippen molar-refractivity contribution in [1.29, 1.82) is 0 Å². The van der Waals surface area contributed by atoms with Gasteiger partial charge in [-0.1, -0.05) is 83.8 Å². The number of rotatable bonds is 6. The first-order valence-corrected chi connectivity index (χ1v) is 11.7. The minimum Gasteiger partial charge on any atom is -0.291 e. The van der Waals surface area contributed by atoms with E-state index in [0.717, 1.165) is 26.9 Å². The molecule has 0 N–H and O–H groups in total. The minimum absolute atomic E-state index is 0.00988. The van der Waals surface area contributed by atoms with E-state index in [9.17, 15) is 4.79 Å². The van der Waals surface area contributed by atoms with Crippen LogP contribution in [0, 0.1) is 0 Å². The molecule has 2 heterocycles. The van der Waals surface area contributed by atoms with Crippen molar-refractivity contribution in [2.75, 3.05) is 0 Å². The largest absolute Gasteiger partial charge is 0.308 e. The van der Waals surface area contributed by atoms with Crippen LogP contribution in [0.5, 0.6) is 0 Å². The molecule has 2 aromatic heterocycles. The molecule has 31 heavy (non-hydrogen) atoms. The van der Waals surface area contributed by atoms with Crippen LogP contribution >= 0.6 is 23.1 Å². The van der Waals surface area contributed by atoms with E-state index in [1.807, 2.05) is 72.8 Å². The highest BCUT2D eigenvalue weighted by atomic mass is 32.2. The van der Waals surface area contributed by atoms with Crippen LogP contribution in [0.1, 0.15) is 23.6 Å². The molecule has 5 rings (SSSR count). The average molecular weight is 445 g/mol. The maximum Gasteiger partial charge on any atom is 0.308 e. The summed E-state index contributed by atoms with van der Waals surface area (Å²) < 4.78 is 4.81. The zero-order valence-electron chi connectivity index (χ0n) is 16.9. The van der Waals surface area contributed by atoms with E-state index >= 15 is 0 Å². The van der Waals surface area contributed by atoms with Crippen molar-refractivity contribution >= 4 is 33.3 Å². The highest BCUT2D eigenvalue weighted by Crippen LogP contribution is 2.35. The van der Waals surface area contributed by atoms with Gasteiger partial charge in [-0.15, -0.1) is 10.2 Å². The van der Waals surface area contributed by atoms with Crippen LogP contribution in [0.25, 0.3) is 15.9 Å². The topological polar surface area (TPSA) is 52.7 Å². The molecular weight excluding hydrogens is 424 g/mol. The van der Waals surface area contributed by atoms with Crippen molar-refractivity contribution in [3.8, 4) is 5.69 Å². The van der Waals surface area contributed by atoms with Crippen LogP contribution in [-0.4, -0.2) is 19.3 Å². The van der Waals surface area contributed by atoms with Gasteiger partial charge in [0.2, 0.25) is 0 Å². The lowest BCUT2D eigenvalue weighted by molar-refractivity contribution is 0.725. The van der Waals surface area contributed by atoms with Crippen LogP contribution in [-0.2, 0) is 6.54 Å². The standard InChI is InChI=1S/C24H20N4OS2/c1-17(18-10-4-2-5-11-18)30-23-26-25-22(28(23)19-12-6-3-7-13-19)16-27-20-14-8-9-15-21(20)31-24(27)29/h2-15,17H,16H2,1H3/t17-/m1/s1. The lowest BCUT2D eigenvalue weighted by Gasteiger charge is -2.14. The second-order valence-electron chi connectivity index (χ2n) is 7.16. The van der Waals surface area contributed by atoms with E-state index in [1.165, 1.54) is 16.9 Å². The van der Waals surface area contributed by atoms with Crippen molar-refractivity contribution in [3.63, 3.8) is 0 Å². The Hall–Kier alpha value is -3.16. The van der Waals surface area contributed by atoms with E-state index in [2.05, 4.69) is 33.8 Å². The van der Waals surface area contributed by atoms with Crippen molar-refractivity contribution in [2.24, 2.45) is 0 Å². The molecule has 0 saturated heterocycles. The van der Waals surface area contributed by atoms with Crippen LogP contribution in [0.4, 0.5) is 0 Å². The number of aromatic nitrogens is 4. The Morgan fingerprint density at radius 3 is 2.35 bits per heavy atom. The molecule has 154 valence electrons. The van der Waals surface area contributed by atoms with Gasteiger partial charge < -0.3 is 0 Å². The van der Waals surface area contributed by atoms with Crippen molar-refractivity contribution in [2.45, 2.75) is 23.9 Å². The molecule has 0 aliphatic carbocycles. The third-order valence-electron chi connectivity index (χ3n) is 5.14. The number of thiazole rings is 1. The predicted molar refractivity (Wildman–Crippen MR) is 127 cm³/mol. The van der Waals surface area contributed by atoms with E-state index in [1.54, 1.807) is 16.3 Å². The summed E-state index contributed by atoms with van der Waals surface area (Å²) in [7, 11) is 0. The number of hydrogen-bond acceptors (Lipinski definition) is 5. The minimum atomic E-state index is 0.00988. The second-order valence-corrected chi connectivity index (χ2v) is 9.46. The Morgan fingerprint density at radius 1 is 0.903 bits per heavy atom. The lowest BCUT2D eigenvalue weighted by Crippen LogP contribution is -2.16. The first kappa shape index (κ1) is 19.8. The van der Waals surface area contributed by atoms with Gasteiger partial charge in [0, 0.05) is 10.9 Å². The molecule has 5 nitrogen and oxygen atoms in total. The summed E-state index contributed by atoms with van der Waals surface area (Å²) in [5.41, 5.74) is 3.14. The van der Waals surface area contributed by atoms with Gasteiger partial charge in [-0.25, -0.2) is 0 Å². The van der Waals surface area contributed by atoms with Crippen LogP contribution in [0.3, 0.4) is 0 Å². The average Bonchev–Trinajstić information content (AvgIpc) is 3.35. The van der Waals surface area contributed by atoms with E-state index in [4.69, 9.17) is 0 Å². The summed E-state index contributed by atoms with van der Waals surface area (Å²) >= 11 is 2.92. The highest BCUT2D eigenvalue weighted by molar-refractivity contribution is 7.99. The maximum absolute atomic E-state index is 12.7. The molecule has 0 spiro atoms. The first-order chi connectivity index (χ1) is 15.2. The molecule has 1 atom stereocenters. The molecule has 0 unspecified atom stereocenters. The van der Waals surface area contributed by atoms with Gasteiger partial charge >= 0.3 is 4.87 Å². The predicted octanol–water partition coefficient (Wildman–Crippen LogP) is 5.55. The fourth-order valence-electron chi connectivity index (χ4n) is 3.57. The Labute approximate surface area is 188 Å². The number of fused-ring (bicyclic) bond motifs is 1. The van der Waals surface area contributed by atoms with Gasteiger partial charge in [0.15, 0.2) is 11.0 Å². The summed E-state index contributed by atoms with van der Waals surface area (Å²) in [5, 5.41) is 10.0. The fourth-order valence-corrected chi connectivity index (χ4v) is 5.48. The lowest BCUT2D eigenvalue weighted by atomic mass is 10.2. The molecule has 0 saturated carbocycles. The van der Waals surface area contributed by atoms with Crippen molar-refractivity contribution < 1.29 is 0 Å². The molecule has 0 aliphatic heterocycles. The monoisotopic (exact) mass is 444 g/mol. The third kappa shape index (κ3) is 3.94. The molecule has 0 fully saturated rings. The summed E-state index contributed by atoms with van der Waals surface area (Å²) in [5.74, 6) is 0.736. The number of thioether (sulfide) groups is 1. The Morgan fingerprint density at radius 2 is 1.58 bits per heavy atom. The molecule has 3 aromatic carbocycles. The van der Waals surface area contributed by atoms with Crippen molar-refractivity contribution in [3.05, 3.63) is 106 Å². The SMILES string of the molecule is C[C@@H](Sc1nnc(Cn2c(=O)sc3ccccc32)n1-c1ccccc1)c1ccccc1. The summed E-state index contributed by atoms with van der Waals surface area (Å²) in [6.45, 7) is 2.53. The molecule has 0 bridgehead atoms. The van der Waals surface area contributed by atoms with Crippen LogP contribution < -0.4 is 4.87 Å². The summed E-state index contributed by atoms with van der Waals surface area (Å²) in [6.07, 6.45) is 0. The quantitative estimate of drug-likeness (QED) is 0.323. The molecule has 0 amide bonds. The maximum atomic E-state index is 12.7. The summed E-state index contributed by atoms with van der Waals surface area (Å²) in [4.78, 5) is 12.7. The summed E-state index contributed by atoms with van der Waals surface area (Å²) in [6, 6.07) is 28.3. The Bertz CT molecular complexity index is 1370. The molecule has 5 aromatic rings. The second kappa shape index (κ2) is 8.53.